The van der Waals surface area contributed by atoms with Gasteiger partial charge in [-0.15, -0.1) is 0 Å². The summed E-state index contributed by atoms with van der Waals surface area (Å²) in [5, 5.41) is 5.83. The Bertz CT molecular complexity index is 755. The van der Waals surface area contributed by atoms with Crippen LogP contribution in [-0.4, -0.2) is 80.0 Å². The minimum absolute atomic E-state index is 0.00338. The number of hydrogen-bond donors (Lipinski definition) is 2. The Labute approximate surface area is 185 Å². The highest BCUT2D eigenvalue weighted by Gasteiger charge is 2.28. The number of aryl methyl sites for hydroxylation is 2. The summed E-state index contributed by atoms with van der Waals surface area (Å²) in [6, 6.07) is 5.32. The summed E-state index contributed by atoms with van der Waals surface area (Å²) in [6.07, 6.45) is 0.767. The van der Waals surface area contributed by atoms with Crippen molar-refractivity contribution in [1.82, 2.24) is 15.1 Å². The lowest BCUT2D eigenvalue weighted by atomic mass is 9.99. The summed E-state index contributed by atoms with van der Waals surface area (Å²) >= 11 is 0. The van der Waals surface area contributed by atoms with Crippen molar-refractivity contribution in [3.8, 4) is 0 Å². The minimum atomic E-state index is -0.627. The SMILES string of the molecule is CC[C@@H](C)[C@@H](NC(=O)CN1CCN(CC(=O)Nc2c(C)cccc2C)CC1)C(=O)OC. The van der Waals surface area contributed by atoms with Crippen LogP contribution in [0.3, 0.4) is 0 Å². The van der Waals surface area contributed by atoms with Gasteiger partial charge in [0.15, 0.2) is 0 Å². The average molecular weight is 433 g/mol. The number of methoxy groups -OCH3 is 1. The molecule has 0 aromatic heterocycles. The first-order chi connectivity index (χ1) is 14.7. The molecule has 8 heteroatoms. The molecule has 2 amide bonds. The third-order valence-electron chi connectivity index (χ3n) is 5.93. The maximum Gasteiger partial charge on any atom is 0.328 e. The van der Waals surface area contributed by atoms with E-state index in [1.807, 2.05) is 50.8 Å². The minimum Gasteiger partial charge on any atom is -0.467 e. The van der Waals surface area contributed by atoms with Crippen molar-refractivity contribution in [2.75, 3.05) is 51.7 Å². The fourth-order valence-electron chi connectivity index (χ4n) is 3.72. The van der Waals surface area contributed by atoms with Crippen molar-refractivity contribution in [2.24, 2.45) is 5.92 Å². The molecule has 0 unspecified atom stereocenters. The molecule has 8 nitrogen and oxygen atoms in total. The molecule has 1 heterocycles. The Morgan fingerprint density at radius 3 is 2.00 bits per heavy atom. The maximum absolute atomic E-state index is 12.5. The number of nitrogens with zero attached hydrogens (tertiary/aromatic N) is 2. The molecule has 1 aromatic rings. The van der Waals surface area contributed by atoms with Crippen LogP contribution in [0.2, 0.25) is 0 Å². The van der Waals surface area contributed by atoms with E-state index >= 15 is 0 Å². The molecule has 0 bridgehead atoms. The Balaban J connectivity index is 1.78. The molecule has 2 rings (SSSR count). The van der Waals surface area contributed by atoms with E-state index < -0.39 is 12.0 Å². The highest BCUT2D eigenvalue weighted by atomic mass is 16.5. The lowest BCUT2D eigenvalue weighted by Gasteiger charge is -2.34. The van der Waals surface area contributed by atoms with E-state index in [1.165, 1.54) is 7.11 Å². The molecule has 31 heavy (non-hydrogen) atoms. The first kappa shape index (κ1) is 24.8. The Kier molecular flexibility index (Phi) is 9.45. The topological polar surface area (TPSA) is 91.0 Å². The van der Waals surface area contributed by atoms with Crippen molar-refractivity contribution in [1.29, 1.82) is 0 Å². The van der Waals surface area contributed by atoms with Crippen molar-refractivity contribution >= 4 is 23.5 Å². The molecular formula is C23H36N4O4. The number of amides is 2. The van der Waals surface area contributed by atoms with Gasteiger partial charge >= 0.3 is 5.97 Å². The van der Waals surface area contributed by atoms with Crippen LogP contribution in [0.15, 0.2) is 18.2 Å². The lowest BCUT2D eigenvalue weighted by Crippen LogP contribution is -2.53. The molecular weight excluding hydrogens is 396 g/mol. The third-order valence-corrected chi connectivity index (χ3v) is 5.93. The van der Waals surface area contributed by atoms with E-state index in [-0.39, 0.29) is 24.3 Å². The van der Waals surface area contributed by atoms with Crippen LogP contribution in [0, 0.1) is 19.8 Å². The number of carbonyl (C=O) groups excluding carboxylic acids is 3. The van der Waals surface area contributed by atoms with Gasteiger partial charge in [-0.3, -0.25) is 19.4 Å². The van der Waals surface area contributed by atoms with Crippen LogP contribution in [0.1, 0.15) is 31.4 Å². The lowest BCUT2D eigenvalue weighted by molar-refractivity contribution is -0.146. The maximum atomic E-state index is 12.5. The number of carbonyl (C=O) groups is 3. The third kappa shape index (κ3) is 7.33. The number of anilines is 1. The van der Waals surface area contributed by atoms with Gasteiger partial charge in [0.2, 0.25) is 11.8 Å². The molecule has 1 aromatic carbocycles. The van der Waals surface area contributed by atoms with Crippen LogP contribution >= 0.6 is 0 Å². The van der Waals surface area contributed by atoms with Crippen molar-refractivity contribution in [3.05, 3.63) is 29.3 Å². The Hall–Kier alpha value is -2.45. The second-order valence-corrected chi connectivity index (χ2v) is 8.32. The number of nitrogens with one attached hydrogen (secondary N) is 2. The number of piperazine rings is 1. The van der Waals surface area contributed by atoms with Crippen LogP contribution in [0.25, 0.3) is 0 Å². The van der Waals surface area contributed by atoms with Gasteiger partial charge in [0.05, 0.1) is 20.2 Å². The Morgan fingerprint density at radius 2 is 1.52 bits per heavy atom. The van der Waals surface area contributed by atoms with Gasteiger partial charge in [-0.1, -0.05) is 38.5 Å². The molecule has 0 saturated carbocycles. The van der Waals surface area contributed by atoms with Gasteiger partial charge in [-0.2, -0.15) is 0 Å². The van der Waals surface area contributed by atoms with Crippen LogP contribution < -0.4 is 10.6 Å². The van der Waals surface area contributed by atoms with Gasteiger partial charge in [0.1, 0.15) is 6.04 Å². The van der Waals surface area contributed by atoms with Gasteiger partial charge in [-0.25, -0.2) is 4.79 Å². The summed E-state index contributed by atoms with van der Waals surface area (Å²) in [4.78, 5) is 41.0. The number of hydrogen-bond acceptors (Lipinski definition) is 6. The predicted molar refractivity (Wildman–Crippen MR) is 121 cm³/mol. The van der Waals surface area contributed by atoms with E-state index in [0.717, 1.165) is 23.2 Å². The highest BCUT2D eigenvalue weighted by molar-refractivity contribution is 5.93. The molecule has 0 aliphatic carbocycles. The number of benzene rings is 1. The van der Waals surface area contributed by atoms with Gasteiger partial charge < -0.3 is 15.4 Å². The van der Waals surface area contributed by atoms with Crippen LogP contribution in [-0.2, 0) is 19.1 Å². The van der Waals surface area contributed by atoms with Gasteiger partial charge in [-0.05, 0) is 30.9 Å². The monoisotopic (exact) mass is 432 g/mol. The molecule has 2 atom stereocenters. The van der Waals surface area contributed by atoms with E-state index in [1.54, 1.807) is 0 Å². The first-order valence-corrected chi connectivity index (χ1v) is 10.9. The fraction of sp³-hybridized carbons (Fsp3) is 0.609. The molecule has 1 fully saturated rings. The number of esters is 1. The molecule has 1 saturated heterocycles. The predicted octanol–water partition coefficient (Wildman–Crippen LogP) is 1.56. The first-order valence-electron chi connectivity index (χ1n) is 10.9. The van der Waals surface area contributed by atoms with Crippen molar-refractivity contribution < 1.29 is 19.1 Å². The molecule has 0 spiro atoms. The van der Waals surface area contributed by atoms with Gasteiger partial charge in [0.25, 0.3) is 0 Å². The smallest absolute Gasteiger partial charge is 0.328 e. The van der Waals surface area contributed by atoms with Crippen molar-refractivity contribution in [2.45, 2.75) is 40.2 Å². The van der Waals surface area contributed by atoms with Crippen LogP contribution in [0.5, 0.6) is 0 Å². The summed E-state index contributed by atoms with van der Waals surface area (Å²) in [7, 11) is 1.33. The summed E-state index contributed by atoms with van der Waals surface area (Å²) in [6.45, 7) is 11.2. The zero-order chi connectivity index (χ0) is 23.0. The number of ether oxygens (including phenoxy) is 1. The summed E-state index contributed by atoms with van der Waals surface area (Å²) in [5.41, 5.74) is 2.97. The standard InChI is InChI=1S/C23H36N4O4/c1-6-16(2)22(23(30)31-5)25-20(29)15-27-12-10-26(11-13-27)14-19(28)24-21-17(3)8-7-9-18(21)4/h7-9,16,22H,6,10-15H2,1-5H3,(H,24,28)(H,25,29)/t16-,22-/m1/s1. The molecule has 1 aliphatic heterocycles. The zero-order valence-corrected chi connectivity index (χ0v) is 19.4. The van der Waals surface area contributed by atoms with Crippen molar-refractivity contribution in [3.63, 3.8) is 0 Å². The van der Waals surface area contributed by atoms with E-state index in [4.69, 9.17) is 4.74 Å². The van der Waals surface area contributed by atoms with Crippen LogP contribution in [0.4, 0.5) is 5.69 Å². The highest BCUT2D eigenvalue weighted by Crippen LogP contribution is 2.19. The molecule has 172 valence electrons. The van der Waals surface area contributed by atoms with Gasteiger partial charge in [0, 0.05) is 31.9 Å². The fourth-order valence-corrected chi connectivity index (χ4v) is 3.72. The van der Waals surface area contributed by atoms with E-state index in [2.05, 4.69) is 15.5 Å². The normalized spacial score (nSPS) is 16.9. The van der Waals surface area contributed by atoms with E-state index in [9.17, 15) is 14.4 Å². The second kappa shape index (κ2) is 11.8. The quantitative estimate of drug-likeness (QED) is 0.576. The average Bonchev–Trinajstić information content (AvgIpc) is 2.75. The Morgan fingerprint density at radius 1 is 1.00 bits per heavy atom. The number of para-hydroxylation sites is 1. The molecule has 1 aliphatic rings. The number of rotatable bonds is 9. The largest absolute Gasteiger partial charge is 0.467 e. The molecule has 2 N–H and O–H groups in total. The van der Waals surface area contributed by atoms with E-state index in [0.29, 0.717) is 32.7 Å². The summed E-state index contributed by atoms with van der Waals surface area (Å²) in [5.74, 6) is -0.624. The zero-order valence-electron chi connectivity index (χ0n) is 19.4. The second-order valence-electron chi connectivity index (χ2n) is 8.32. The molecule has 0 radical (unpaired) electrons. The summed E-state index contributed by atoms with van der Waals surface area (Å²) < 4.78 is 4.82.